The molecule has 1 aromatic heterocycles. The number of hydrogen-bond acceptors (Lipinski definition) is 5. The van der Waals surface area contributed by atoms with Crippen molar-refractivity contribution in [3.05, 3.63) is 12.7 Å². The molecular weight excluding hydrogens is 314 g/mol. The smallest absolute Gasteiger partial charge is 0.213 e. The molecule has 3 heterocycles. The number of likely N-dealkylation sites (tertiary alicyclic amines) is 1. The highest BCUT2D eigenvalue weighted by Crippen LogP contribution is 2.38. The van der Waals surface area contributed by atoms with Gasteiger partial charge >= 0.3 is 0 Å². The lowest BCUT2D eigenvalue weighted by Gasteiger charge is -2.39. The Kier molecular flexibility index (Phi) is 4.75. The zero-order valence-corrected chi connectivity index (χ0v) is 15.0. The van der Waals surface area contributed by atoms with Gasteiger partial charge in [-0.15, -0.1) is 0 Å². The predicted octanol–water partition coefficient (Wildman–Crippen LogP) is 0.801. The number of hydrogen-bond donors (Lipinski definition) is 0. The summed E-state index contributed by atoms with van der Waals surface area (Å²) in [5.41, 5.74) is 0. The molecule has 0 bridgehead atoms. The Morgan fingerprint density at radius 3 is 2.74 bits per heavy atom. The van der Waals surface area contributed by atoms with E-state index >= 15 is 0 Å². The van der Waals surface area contributed by atoms with Gasteiger partial charge in [-0.05, 0) is 39.5 Å². The third kappa shape index (κ3) is 3.29. The summed E-state index contributed by atoms with van der Waals surface area (Å²) in [5, 5.41) is 4.23. The van der Waals surface area contributed by atoms with Gasteiger partial charge in [-0.25, -0.2) is 17.7 Å². The van der Waals surface area contributed by atoms with Crippen molar-refractivity contribution in [3.63, 3.8) is 0 Å². The van der Waals surface area contributed by atoms with Crippen molar-refractivity contribution in [1.82, 2.24) is 24.0 Å². The second-order valence-electron chi connectivity index (χ2n) is 6.92. The standard InChI is InChI=1S/C15H27N5O2S/c1-4-23(21,22)19-6-5-15-13(8-19)7-14(20(15)12(2)3)9-18-11-16-10-17-18/h10-15H,4-9H2,1-3H3/t13-,14+,15+/m0/s1. The zero-order chi connectivity index (χ0) is 16.6. The molecule has 0 aromatic carbocycles. The molecule has 0 unspecified atom stereocenters. The highest BCUT2D eigenvalue weighted by Gasteiger charge is 2.46. The summed E-state index contributed by atoms with van der Waals surface area (Å²) in [4.78, 5) is 6.60. The van der Waals surface area contributed by atoms with Gasteiger partial charge in [-0.3, -0.25) is 9.58 Å². The molecular formula is C15H27N5O2S. The van der Waals surface area contributed by atoms with E-state index in [4.69, 9.17) is 0 Å². The Balaban J connectivity index is 1.76. The van der Waals surface area contributed by atoms with Crippen molar-refractivity contribution in [2.24, 2.45) is 5.92 Å². The summed E-state index contributed by atoms with van der Waals surface area (Å²) >= 11 is 0. The van der Waals surface area contributed by atoms with E-state index in [-0.39, 0.29) is 5.75 Å². The minimum atomic E-state index is -3.08. The van der Waals surface area contributed by atoms with E-state index < -0.39 is 10.0 Å². The van der Waals surface area contributed by atoms with Crippen LogP contribution in [0.4, 0.5) is 0 Å². The molecule has 23 heavy (non-hydrogen) atoms. The van der Waals surface area contributed by atoms with Crippen molar-refractivity contribution < 1.29 is 8.42 Å². The molecule has 0 aliphatic carbocycles. The fourth-order valence-electron chi connectivity index (χ4n) is 4.30. The number of nitrogens with zero attached hydrogens (tertiary/aromatic N) is 5. The van der Waals surface area contributed by atoms with Crippen LogP contribution in [-0.4, -0.2) is 69.4 Å². The van der Waals surface area contributed by atoms with Crippen LogP contribution < -0.4 is 0 Å². The lowest BCUT2D eigenvalue weighted by molar-refractivity contribution is 0.0960. The number of aromatic nitrogens is 3. The molecule has 0 saturated carbocycles. The number of sulfonamides is 1. The van der Waals surface area contributed by atoms with Crippen LogP contribution in [0.15, 0.2) is 12.7 Å². The Morgan fingerprint density at radius 1 is 1.35 bits per heavy atom. The van der Waals surface area contributed by atoms with Crippen LogP contribution in [-0.2, 0) is 16.6 Å². The molecule has 1 aromatic rings. The molecule has 2 aliphatic heterocycles. The highest BCUT2D eigenvalue weighted by atomic mass is 32.2. The average molecular weight is 341 g/mol. The van der Waals surface area contributed by atoms with Gasteiger partial charge in [0.05, 0.1) is 12.3 Å². The largest absolute Gasteiger partial charge is 0.293 e. The minimum Gasteiger partial charge on any atom is -0.293 e. The Hall–Kier alpha value is -0.990. The summed E-state index contributed by atoms with van der Waals surface area (Å²) in [6, 6.07) is 1.33. The SMILES string of the molecule is CCS(=O)(=O)N1CC[C@@H]2[C@@H](C[C@H](Cn3cncn3)N2C(C)C)C1. The van der Waals surface area contributed by atoms with Gasteiger partial charge in [0.25, 0.3) is 0 Å². The maximum absolute atomic E-state index is 12.2. The molecule has 7 nitrogen and oxygen atoms in total. The fourth-order valence-corrected chi connectivity index (χ4v) is 5.47. The van der Waals surface area contributed by atoms with E-state index in [0.29, 0.717) is 37.1 Å². The molecule has 2 aliphatic rings. The van der Waals surface area contributed by atoms with E-state index in [1.54, 1.807) is 23.9 Å². The average Bonchev–Trinajstić information content (AvgIpc) is 3.13. The van der Waals surface area contributed by atoms with Crippen molar-refractivity contribution in [2.45, 2.75) is 58.3 Å². The summed E-state index contributed by atoms with van der Waals surface area (Å²) < 4.78 is 28.0. The van der Waals surface area contributed by atoms with Gasteiger partial charge in [-0.2, -0.15) is 5.10 Å². The van der Waals surface area contributed by atoms with Crippen LogP contribution in [0.3, 0.4) is 0 Å². The Labute approximate surface area is 138 Å². The lowest BCUT2D eigenvalue weighted by Crippen LogP contribution is -2.51. The molecule has 130 valence electrons. The maximum atomic E-state index is 12.2. The van der Waals surface area contributed by atoms with Gasteiger partial charge in [0.2, 0.25) is 10.0 Å². The third-order valence-electron chi connectivity index (χ3n) is 5.25. The number of piperidine rings is 1. The number of rotatable bonds is 5. The fraction of sp³-hybridized carbons (Fsp3) is 0.867. The molecule has 2 saturated heterocycles. The van der Waals surface area contributed by atoms with Crippen LogP contribution in [0.25, 0.3) is 0 Å². The number of fused-ring (bicyclic) bond motifs is 1. The van der Waals surface area contributed by atoms with Crippen molar-refractivity contribution in [1.29, 1.82) is 0 Å². The normalized spacial score (nSPS) is 30.0. The summed E-state index contributed by atoms with van der Waals surface area (Å²) in [5.74, 6) is 0.613. The maximum Gasteiger partial charge on any atom is 0.213 e. The van der Waals surface area contributed by atoms with E-state index in [0.717, 1.165) is 19.4 Å². The second kappa shape index (κ2) is 6.49. The van der Waals surface area contributed by atoms with Crippen LogP contribution in [0.5, 0.6) is 0 Å². The summed E-state index contributed by atoms with van der Waals surface area (Å²) in [6.45, 7) is 8.32. The van der Waals surface area contributed by atoms with E-state index in [9.17, 15) is 8.42 Å². The minimum absolute atomic E-state index is 0.195. The molecule has 8 heteroatoms. The van der Waals surface area contributed by atoms with Gasteiger partial charge < -0.3 is 0 Å². The topological polar surface area (TPSA) is 71.3 Å². The van der Waals surface area contributed by atoms with Gasteiger partial charge in [-0.1, -0.05) is 0 Å². The van der Waals surface area contributed by atoms with E-state index in [1.165, 1.54) is 0 Å². The van der Waals surface area contributed by atoms with Crippen molar-refractivity contribution in [2.75, 3.05) is 18.8 Å². The first-order chi connectivity index (χ1) is 10.9. The molecule has 0 N–H and O–H groups in total. The van der Waals surface area contributed by atoms with Gasteiger partial charge in [0.15, 0.2) is 0 Å². The Bertz CT molecular complexity index is 616. The van der Waals surface area contributed by atoms with Gasteiger partial charge in [0, 0.05) is 31.2 Å². The molecule has 3 rings (SSSR count). The first-order valence-corrected chi connectivity index (χ1v) is 10.1. The van der Waals surface area contributed by atoms with Crippen LogP contribution >= 0.6 is 0 Å². The molecule has 0 amide bonds. The van der Waals surface area contributed by atoms with Crippen LogP contribution in [0, 0.1) is 5.92 Å². The third-order valence-corrected chi connectivity index (χ3v) is 7.10. The van der Waals surface area contributed by atoms with Crippen molar-refractivity contribution in [3.8, 4) is 0 Å². The summed E-state index contributed by atoms with van der Waals surface area (Å²) in [7, 11) is -3.08. The highest BCUT2D eigenvalue weighted by molar-refractivity contribution is 7.89. The molecule has 2 fully saturated rings. The molecule has 3 atom stereocenters. The van der Waals surface area contributed by atoms with Crippen LogP contribution in [0.2, 0.25) is 0 Å². The first kappa shape index (κ1) is 16.9. The summed E-state index contributed by atoms with van der Waals surface area (Å²) in [6.07, 6.45) is 5.28. The lowest BCUT2D eigenvalue weighted by atomic mass is 9.93. The van der Waals surface area contributed by atoms with Crippen LogP contribution in [0.1, 0.15) is 33.6 Å². The monoisotopic (exact) mass is 341 g/mol. The molecule has 0 radical (unpaired) electrons. The van der Waals surface area contributed by atoms with E-state index in [2.05, 4.69) is 28.8 Å². The quantitative estimate of drug-likeness (QED) is 0.792. The second-order valence-corrected chi connectivity index (χ2v) is 9.18. The molecule has 0 spiro atoms. The van der Waals surface area contributed by atoms with Gasteiger partial charge in [0.1, 0.15) is 12.7 Å². The Morgan fingerprint density at radius 2 is 2.13 bits per heavy atom. The van der Waals surface area contributed by atoms with Crippen molar-refractivity contribution >= 4 is 10.0 Å². The zero-order valence-electron chi connectivity index (χ0n) is 14.2. The van der Waals surface area contributed by atoms with E-state index in [1.807, 2.05) is 4.68 Å². The first-order valence-electron chi connectivity index (χ1n) is 8.50. The predicted molar refractivity (Wildman–Crippen MR) is 88.3 cm³/mol.